The van der Waals surface area contributed by atoms with Crippen LogP contribution in [0.25, 0.3) is 0 Å². The van der Waals surface area contributed by atoms with Gasteiger partial charge >= 0.3 is 0 Å². The maximum absolute atomic E-state index is 6.06. The van der Waals surface area contributed by atoms with E-state index >= 15 is 0 Å². The summed E-state index contributed by atoms with van der Waals surface area (Å²) in [5, 5.41) is 8.54. The van der Waals surface area contributed by atoms with Crippen LogP contribution in [-0.4, -0.2) is 21.4 Å². The zero-order valence-corrected chi connectivity index (χ0v) is 11.6. The molecular formula is C14H16ClN3O. The van der Waals surface area contributed by atoms with Gasteiger partial charge in [0.2, 0.25) is 5.28 Å². The largest absolute Gasteiger partial charge is 0.492 e. The lowest BCUT2D eigenvalue weighted by Gasteiger charge is -2.09. The van der Waals surface area contributed by atoms with Crippen LogP contribution in [0.15, 0.2) is 24.3 Å². The zero-order valence-electron chi connectivity index (χ0n) is 10.8. The van der Waals surface area contributed by atoms with Crippen molar-refractivity contribution in [1.82, 2.24) is 14.8 Å². The number of nitrogens with zero attached hydrogens (tertiary/aromatic N) is 3. The van der Waals surface area contributed by atoms with Gasteiger partial charge in [-0.1, -0.05) is 12.1 Å². The van der Waals surface area contributed by atoms with Gasteiger partial charge in [0.15, 0.2) is 0 Å². The van der Waals surface area contributed by atoms with Gasteiger partial charge in [-0.05, 0) is 49.1 Å². The number of benzene rings is 1. The molecule has 0 aliphatic heterocycles. The number of hydrogen-bond donors (Lipinski definition) is 0. The van der Waals surface area contributed by atoms with Crippen LogP contribution in [0.2, 0.25) is 5.28 Å². The lowest BCUT2D eigenvalue weighted by molar-refractivity contribution is 0.296. The van der Waals surface area contributed by atoms with Crippen molar-refractivity contribution in [2.75, 3.05) is 6.61 Å². The van der Waals surface area contributed by atoms with Crippen LogP contribution >= 0.6 is 11.6 Å². The fourth-order valence-electron chi connectivity index (χ4n) is 2.11. The third-order valence-electron chi connectivity index (χ3n) is 3.25. The molecule has 0 unspecified atom stereocenters. The highest BCUT2D eigenvalue weighted by Crippen LogP contribution is 2.39. The van der Waals surface area contributed by atoms with E-state index in [1.165, 1.54) is 18.4 Å². The molecule has 0 radical (unpaired) electrons. The molecule has 19 heavy (non-hydrogen) atoms. The molecule has 100 valence electrons. The van der Waals surface area contributed by atoms with Gasteiger partial charge in [-0.3, -0.25) is 4.57 Å². The van der Waals surface area contributed by atoms with Crippen molar-refractivity contribution in [3.63, 3.8) is 0 Å². The van der Waals surface area contributed by atoms with Crippen LogP contribution in [0.5, 0.6) is 5.75 Å². The Hall–Kier alpha value is -1.55. The number of aryl methyl sites for hydroxylation is 1. The molecule has 0 amide bonds. The predicted octanol–water partition coefficient (Wildman–Crippen LogP) is 3.20. The first-order valence-electron chi connectivity index (χ1n) is 6.52. The molecule has 4 nitrogen and oxygen atoms in total. The quantitative estimate of drug-likeness (QED) is 0.843. The Morgan fingerprint density at radius 2 is 2.21 bits per heavy atom. The summed E-state index contributed by atoms with van der Waals surface area (Å²) in [4.78, 5) is 0. The molecule has 0 bridgehead atoms. The van der Waals surface area contributed by atoms with Gasteiger partial charge in [-0.25, -0.2) is 0 Å². The Morgan fingerprint density at radius 3 is 2.95 bits per heavy atom. The van der Waals surface area contributed by atoms with Crippen molar-refractivity contribution >= 4 is 11.6 Å². The van der Waals surface area contributed by atoms with Crippen molar-refractivity contribution in [2.24, 2.45) is 0 Å². The average molecular weight is 278 g/mol. The van der Waals surface area contributed by atoms with E-state index in [0.29, 0.717) is 24.4 Å². The summed E-state index contributed by atoms with van der Waals surface area (Å²) in [6.45, 7) is 3.31. The smallest absolute Gasteiger partial charge is 0.225 e. The first-order valence-corrected chi connectivity index (χ1v) is 6.90. The van der Waals surface area contributed by atoms with Crippen molar-refractivity contribution in [2.45, 2.75) is 32.2 Å². The van der Waals surface area contributed by atoms with Gasteiger partial charge in [-0.2, -0.15) is 0 Å². The topological polar surface area (TPSA) is 39.9 Å². The van der Waals surface area contributed by atoms with Crippen LogP contribution in [-0.2, 0) is 6.54 Å². The van der Waals surface area contributed by atoms with Crippen LogP contribution < -0.4 is 4.74 Å². The van der Waals surface area contributed by atoms with Gasteiger partial charge in [0, 0.05) is 5.92 Å². The average Bonchev–Trinajstić information content (AvgIpc) is 3.16. The van der Waals surface area contributed by atoms with Crippen LogP contribution in [0.3, 0.4) is 0 Å². The van der Waals surface area contributed by atoms with Gasteiger partial charge in [0.05, 0.1) is 6.54 Å². The standard InChI is InChI=1S/C14H16ClN3O/c1-10-3-2-4-12(9-10)19-8-7-18-13(11-5-6-11)16-17-14(18)15/h2-4,9,11H,5-8H2,1H3. The zero-order chi connectivity index (χ0) is 13.2. The lowest BCUT2D eigenvalue weighted by atomic mass is 10.2. The van der Waals surface area contributed by atoms with E-state index in [1.807, 2.05) is 22.8 Å². The molecule has 5 heteroatoms. The van der Waals surface area contributed by atoms with Crippen molar-refractivity contribution in [3.05, 3.63) is 40.9 Å². The Balaban J connectivity index is 1.62. The number of aromatic nitrogens is 3. The highest BCUT2D eigenvalue weighted by atomic mass is 35.5. The highest BCUT2D eigenvalue weighted by molar-refractivity contribution is 6.28. The molecule has 0 saturated heterocycles. The second-order valence-corrected chi connectivity index (χ2v) is 5.26. The van der Waals surface area contributed by atoms with E-state index in [1.54, 1.807) is 0 Å². The van der Waals surface area contributed by atoms with Gasteiger partial charge < -0.3 is 4.74 Å². The Labute approximate surface area is 117 Å². The fraction of sp³-hybridized carbons (Fsp3) is 0.429. The molecule has 1 fully saturated rings. The highest BCUT2D eigenvalue weighted by Gasteiger charge is 2.29. The molecule has 1 aromatic carbocycles. The molecule has 2 aromatic rings. The second kappa shape index (κ2) is 5.21. The first kappa shape index (κ1) is 12.5. The summed E-state index contributed by atoms with van der Waals surface area (Å²) in [5.41, 5.74) is 1.19. The maximum atomic E-state index is 6.06. The summed E-state index contributed by atoms with van der Waals surface area (Å²) >= 11 is 6.06. The SMILES string of the molecule is Cc1cccc(OCCn2c(Cl)nnc2C2CC2)c1. The molecule has 1 aliphatic carbocycles. The van der Waals surface area contributed by atoms with Gasteiger partial charge in [0.25, 0.3) is 0 Å². The van der Waals surface area contributed by atoms with Crippen LogP contribution in [0.4, 0.5) is 0 Å². The Morgan fingerprint density at radius 1 is 1.37 bits per heavy atom. The Kier molecular flexibility index (Phi) is 3.42. The number of hydrogen-bond acceptors (Lipinski definition) is 3. The number of rotatable bonds is 5. The molecule has 1 aromatic heterocycles. The summed E-state index contributed by atoms with van der Waals surface area (Å²) < 4.78 is 7.69. The molecule has 1 aliphatic rings. The normalized spacial score (nSPS) is 14.6. The lowest BCUT2D eigenvalue weighted by Crippen LogP contribution is -2.11. The maximum Gasteiger partial charge on any atom is 0.225 e. The van der Waals surface area contributed by atoms with E-state index in [-0.39, 0.29) is 0 Å². The second-order valence-electron chi connectivity index (χ2n) is 4.92. The predicted molar refractivity (Wildman–Crippen MR) is 73.7 cm³/mol. The molecule has 0 atom stereocenters. The first-order chi connectivity index (χ1) is 9.24. The summed E-state index contributed by atoms with van der Waals surface area (Å²) in [5.74, 6) is 2.42. The number of halogens is 1. The van der Waals surface area contributed by atoms with Gasteiger partial charge in [-0.15, -0.1) is 10.2 Å². The van der Waals surface area contributed by atoms with Crippen molar-refractivity contribution in [1.29, 1.82) is 0 Å². The third-order valence-corrected chi connectivity index (χ3v) is 3.53. The van der Waals surface area contributed by atoms with E-state index in [0.717, 1.165) is 11.6 Å². The van der Waals surface area contributed by atoms with Crippen molar-refractivity contribution in [3.8, 4) is 5.75 Å². The van der Waals surface area contributed by atoms with E-state index in [9.17, 15) is 0 Å². The molecule has 0 N–H and O–H groups in total. The van der Waals surface area contributed by atoms with Crippen LogP contribution in [0, 0.1) is 6.92 Å². The number of ether oxygens (including phenoxy) is 1. The minimum absolute atomic E-state index is 0.453. The molecule has 0 spiro atoms. The van der Waals surface area contributed by atoms with E-state index < -0.39 is 0 Å². The summed E-state index contributed by atoms with van der Waals surface area (Å²) in [6.07, 6.45) is 2.38. The monoisotopic (exact) mass is 277 g/mol. The van der Waals surface area contributed by atoms with E-state index in [2.05, 4.69) is 23.2 Å². The molecule has 1 saturated carbocycles. The Bertz CT molecular complexity index is 578. The fourth-order valence-corrected chi connectivity index (χ4v) is 2.31. The minimum Gasteiger partial charge on any atom is -0.492 e. The van der Waals surface area contributed by atoms with E-state index in [4.69, 9.17) is 16.3 Å². The molecular weight excluding hydrogens is 262 g/mol. The minimum atomic E-state index is 0.453. The summed E-state index contributed by atoms with van der Waals surface area (Å²) in [6, 6.07) is 8.03. The molecule has 3 rings (SSSR count). The molecule has 1 heterocycles. The summed E-state index contributed by atoms with van der Waals surface area (Å²) in [7, 11) is 0. The van der Waals surface area contributed by atoms with Gasteiger partial charge in [0.1, 0.15) is 18.2 Å². The third kappa shape index (κ3) is 2.89. The van der Waals surface area contributed by atoms with Crippen molar-refractivity contribution < 1.29 is 4.74 Å². The van der Waals surface area contributed by atoms with Crippen LogP contribution in [0.1, 0.15) is 30.1 Å².